The third-order valence-electron chi connectivity index (χ3n) is 5.09. The number of carbonyl (C=O) groups is 2. The average Bonchev–Trinajstić information content (AvgIpc) is 2.77. The molecule has 2 aromatic carbocycles. The number of carbonyl (C=O) groups excluding carboxylic acids is 2. The number of hydrogen-bond donors (Lipinski definition) is 1. The van der Waals surface area contributed by atoms with E-state index in [4.69, 9.17) is 9.47 Å². The smallest absolute Gasteiger partial charge is 0.261 e. The first-order valence-electron chi connectivity index (χ1n) is 10.7. The second-order valence-electron chi connectivity index (χ2n) is 7.98. The number of rotatable bonds is 11. The van der Waals surface area contributed by atoms with E-state index in [0.717, 1.165) is 11.1 Å². The lowest BCUT2D eigenvalue weighted by Gasteiger charge is -2.31. The molecule has 0 aromatic heterocycles. The summed E-state index contributed by atoms with van der Waals surface area (Å²) in [5.41, 5.74) is 2.09. The predicted molar refractivity (Wildman–Crippen MR) is 122 cm³/mol. The molecule has 1 N–H and O–H groups in total. The summed E-state index contributed by atoms with van der Waals surface area (Å²) in [6, 6.07) is 14.4. The zero-order valence-electron chi connectivity index (χ0n) is 19.2. The van der Waals surface area contributed by atoms with E-state index in [9.17, 15) is 9.59 Å². The fourth-order valence-corrected chi connectivity index (χ4v) is 3.21. The molecular weight excluding hydrogens is 392 g/mol. The van der Waals surface area contributed by atoms with Crippen LogP contribution >= 0.6 is 0 Å². The maximum Gasteiger partial charge on any atom is 0.261 e. The van der Waals surface area contributed by atoms with Gasteiger partial charge in [0.1, 0.15) is 17.5 Å². The van der Waals surface area contributed by atoms with Gasteiger partial charge in [-0.3, -0.25) is 9.59 Å². The van der Waals surface area contributed by atoms with Crippen molar-refractivity contribution in [1.29, 1.82) is 0 Å². The van der Waals surface area contributed by atoms with Crippen LogP contribution in [0.1, 0.15) is 38.3 Å². The summed E-state index contributed by atoms with van der Waals surface area (Å²) in [7, 11) is 1.60. The van der Waals surface area contributed by atoms with Gasteiger partial charge in [-0.2, -0.15) is 0 Å². The quantitative estimate of drug-likeness (QED) is 0.591. The molecule has 1 atom stereocenters. The van der Waals surface area contributed by atoms with Gasteiger partial charge in [-0.25, -0.2) is 0 Å². The number of amides is 2. The number of nitrogens with zero attached hydrogens (tertiary/aromatic N) is 1. The Kier molecular flexibility index (Phi) is 9.38. The summed E-state index contributed by atoms with van der Waals surface area (Å²) in [6.45, 7) is 8.79. The fourth-order valence-electron chi connectivity index (χ4n) is 3.21. The average molecular weight is 427 g/mol. The zero-order chi connectivity index (χ0) is 22.8. The normalized spacial score (nSPS) is 11.7. The minimum absolute atomic E-state index is 0.136. The minimum Gasteiger partial charge on any atom is -0.497 e. The Labute approximate surface area is 185 Å². The monoisotopic (exact) mass is 426 g/mol. The van der Waals surface area contributed by atoms with Crippen LogP contribution in [0.2, 0.25) is 0 Å². The van der Waals surface area contributed by atoms with Crippen molar-refractivity contribution in [3.8, 4) is 11.5 Å². The first kappa shape index (κ1) is 24.3. The zero-order valence-corrected chi connectivity index (χ0v) is 19.2. The Morgan fingerprint density at radius 1 is 1.03 bits per heavy atom. The molecule has 31 heavy (non-hydrogen) atoms. The third kappa shape index (κ3) is 7.31. The van der Waals surface area contributed by atoms with E-state index in [1.54, 1.807) is 36.3 Å². The molecule has 0 bridgehead atoms. The molecule has 2 amide bonds. The van der Waals surface area contributed by atoms with Crippen LogP contribution in [0.15, 0.2) is 48.5 Å². The molecule has 6 nitrogen and oxygen atoms in total. The van der Waals surface area contributed by atoms with Crippen molar-refractivity contribution in [3.05, 3.63) is 59.7 Å². The van der Waals surface area contributed by atoms with E-state index >= 15 is 0 Å². The van der Waals surface area contributed by atoms with Gasteiger partial charge in [-0.05, 0) is 54.7 Å². The van der Waals surface area contributed by atoms with Crippen LogP contribution in [0, 0.1) is 12.8 Å². The van der Waals surface area contributed by atoms with Crippen molar-refractivity contribution in [2.75, 3.05) is 20.3 Å². The first-order valence-corrected chi connectivity index (χ1v) is 10.7. The van der Waals surface area contributed by atoms with Crippen LogP contribution in [-0.4, -0.2) is 43.0 Å². The third-order valence-corrected chi connectivity index (χ3v) is 5.09. The molecular formula is C25H34N2O4. The maximum absolute atomic E-state index is 13.2. The van der Waals surface area contributed by atoms with Crippen LogP contribution in [0.4, 0.5) is 0 Å². The number of benzene rings is 2. The second-order valence-corrected chi connectivity index (χ2v) is 7.98. The lowest BCUT2D eigenvalue weighted by Crippen LogP contribution is -2.50. The highest BCUT2D eigenvalue weighted by Crippen LogP contribution is 2.19. The van der Waals surface area contributed by atoms with E-state index in [0.29, 0.717) is 36.9 Å². The van der Waals surface area contributed by atoms with E-state index in [2.05, 4.69) is 5.32 Å². The first-order chi connectivity index (χ1) is 14.8. The van der Waals surface area contributed by atoms with Gasteiger partial charge in [0.15, 0.2) is 6.61 Å². The molecule has 168 valence electrons. The molecule has 0 heterocycles. The molecule has 2 aromatic rings. The van der Waals surface area contributed by atoms with Gasteiger partial charge in [-0.15, -0.1) is 0 Å². The lowest BCUT2D eigenvalue weighted by molar-refractivity contribution is -0.143. The molecule has 0 saturated heterocycles. The van der Waals surface area contributed by atoms with E-state index in [1.807, 2.05) is 52.0 Å². The van der Waals surface area contributed by atoms with E-state index in [-0.39, 0.29) is 18.4 Å². The van der Waals surface area contributed by atoms with Crippen molar-refractivity contribution in [2.24, 2.45) is 5.92 Å². The topological polar surface area (TPSA) is 67.9 Å². The summed E-state index contributed by atoms with van der Waals surface area (Å²) in [5.74, 6) is 1.25. The Bertz CT molecular complexity index is 849. The SMILES string of the molecule is CC[C@@H](C(=O)NCC(C)C)N(Cc1ccccc1C)C(=O)COc1ccc(OC)cc1. The van der Waals surface area contributed by atoms with Gasteiger partial charge < -0.3 is 19.7 Å². The van der Waals surface area contributed by atoms with E-state index in [1.165, 1.54) is 0 Å². The summed E-state index contributed by atoms with van der Waals surface area (Å²) in [4.78, 5) is 27.7. The van der Waals surface area contributed by atoms with Crippen molar-refractivity contribution in [3.63, 3.8) is 0 Å². The largest absolute Gasteiger partial charge is 0.497 e. The van der Waals surface area contributed by atoms with E-state index < -0.39 is 6.04 Å². The molecule has 0 aliphatic heterocycles. The minimum atomic E-state index is -0.565. The Morgan fingerprint density at radius 2 is 1.68 bits per heavy atom. The molecule has 0 radical (unpaired) electrons. The Morgan fingerprint density at radius 3 is 2.26 bits per heavy atom. The van der Waals surface area contributed by atoms with Crippen LogP contribution < -0.4 is 14.8 Å². The number of aryl methyl sites for hydroxylation is 1. The number of methoxy groups -OCH3 is 1. The molecule has 0 unspecified atom stereocenters. The molecule has 6 heteroatoms. The molecule has 0 saturated carbocycles. The molecule has 0 aliphatic carbocycles. The second kappa shape index (κ2) is 12.0. The van der Waals surface area contributed by atoms with Crippen LogP contribution in [0.25, 0.3) is 0 Å². The highest BCUT2D eigenvalue weighted by atomic mass is 16.5. The van der Waals surface area contributed by atoms with Crippen LogP contribution in [0.5, 0.6) is 11.5 Å². The summed E-state index contributed by atoms with van der Waals surface area (Å²) < 4.78 is 10.9. The van der Waals surface area contributed by atoms with Crippen molar-refractivity contribution in [1.82, 2.24) is 10.2 Å². The summed E-state index contributed by atoms with van der Waals surface area (Å²) in [5, 5.41) is 2.97. The van der Waals surface area contributed by atoms with Gasteiger partial charge in [0, 0.05) is 13.1 Å². The Balaban J connectivity index is 2.18. The highest BCUT2D eigenvalue weighted by molar-refractivity contribution is 5.88. The lowest BCUT2D eigenvalue weighted by atomic mass is 10.1. The van der Waals surface area contributed by atoms with Gasteiger partial charge >= 0.3 is 0 Å². The number of hydrogen-bond acceptors (Lipinski definition) is 4. The Hall–Kier alpha value is -3.02. The molecule has 0 aliphatic rings. The van der Waals surface area contributed by atoms with Gasteiger partial charge in [0.25, 0.3) is 5.91 Å². The summed E-state index contributed by atoms with van der Waals surface area (Å²) in [6.07, 6.45) is 0.518. The van der Waals surface area contributed by atoms with Crippen molar-refractivity contribution < 1.29 is 19.1 Å². The van der Waals surface area contributed by atoms with Gasteiger partial charge in [0.05, 0.1) is 7.11 Å². The van der Waals surface area contributed by atoms with Crippen LogP contribution in [0.3, 0.4) is 0 Å². The number of nitrogens with one attached hydrogen (secondary N) is 1. The maximum atomic E-state index is 13.2. The van der Waals surface area contributed by atoms with Crippen molar-refractivity contribution >= 4 is 11.8 Å². The number of ether oxygens (including phenoxy) is 2. The van der Waals surface area contributed by atoms with Crippen LogP contribution in [-0.2, 0) is 16.1 Å². The van der Waals surface area contributed by atoms with Crippen molar-refractivity contribution in [2.45, 2.75) is 46.7 Å². The molecule has 0 spiro atoms. The highest BCUT2D eigenvalue weighted by Gasteiger charge is 2.29. The van der Waals surface area contributed by atoms with Gasteiger partial charge in [-0.1, -0.05) is 45.0 Å². The fraction of sp³-hybridized carbons (Fsp3) is 0.440. The molecule has 2 rings (SSSR count). The van der Waals surface area contributed by atoms with Gasteiger partial charge in [0.2, 0.25) is 5.91 Å². The standard InChI is InChI=1S/C25H34N2O4/c1-6-23(25(29)26-15-18(2)3)27(16-20-10-8-7-9-19(20)4)24(28)17-31-22-13-11-21(30-5)12-14-22/h7-14,18,23H,6,15-17H2,1-5H3,(H,26,29)/t23-/m0/s1. The predicted octanol–water partition coefficient (Wildman–Crippen LogP) is 3.96. The summed E-state index contributed by atoms with van der Waals surface area (Å²) >= 11 is 0. The molecule has 0 fully saturated rings.